The molecule has 0 aromatic heterocycles. The van der Waals surface area contributed by atoms with Crippen molar-refractivity contribution in [3.8, 4) is 5.75 Å². The predicted octanol–water partition coefficient (Wildman–Crippen LogP) is 4.47. The molecule has 1 aliphatic rings. The van der Waals surface area contributed by atoms with E-state index in [1.54, 1.807) is 0 Å². The number of phenolic OH excluding ortho intramolecular Hbond substituents is 1. The van der Waals surface area contributed by atoms with Crippen LogP contribution in [0.2, 0.25) is 0 Å². The Morgan fingerprint density at radius 2 is 2.05 bits per heavy atom. The molecule has 1 aromatic carbocycles. The molecule has 0 heterocycles. The number of hydrogen-bond donors (Lipinski definition) is 2. The van der Waals surface area contributed by atoms with Gasteiger partial charge in [-0.1, -0.05) is 26.2 Å². The van der Waals surface area contributed by atoms with Gasteiger partial charge in [0.25, 0.3) is 0 Å². The first-order valence-corrected chi connectivity index (χ1v) is 7.89. The molecule has 4 heteroatoms. The molecule has 0 spiro atoms. The van der Waals surface area contributed by atoms with Crippen LogP contribution in [0, 0.1) is 17.7 Å². The van der Waals surface area contributed by atoms with Gasteiger partial charge >= 0.3 is 0 Å². The molecule has 0 unspecified atom stereocenters. The minimum absolute atomic E-state index is 0.0275. The average Bonchev–Trinajstić information content (AvgIpc) is 2.49. The second-order valence-electron chi connectivity index (χ2n) is 6.02. The van der Waals surface area contributed by atoms with E-state index in [2.05, 4.69) is 12.2 Å². The Morgan fingerprint density at radius 1 is 1.33 bits per heavy atom. The van der Waals surface area contributed by atoms with Gasteiger partial charge in [-0.2, -0.15) is 0 Å². The van der Waals surface area contributed by atoms with Gasteiger partial charge in [-0.25, -0.2) is 4.39 Å². The van der Waals surface area contributed by atoms with E-state index in [0.717, 1.165) is 37.7 Å². The number of benzene rings is 1. The van der Waals surface area contributed by atoms with E-state index in [1.807, 2.05) is 0 Å². The van der Waals surface area contributed by atoms with E-state index in [1.165, 1.54) is 31.4 Å². The Bertz CT molecular complexity index is 482. The second kappa shape index (κ2) is 7.43. The minimum atomic E-state index is -0.712. The zero-order valence-electron chi connectivity index (χ0n) is 12.6. The summed E-state index contributed by atoms with van der Waals surface area (Å²) in [6.45, 7) is 2.20. The van der Waals surface area contributed by atoms with Crippen molar-refractivity contribution in [2.75, 3.05) is 5.32 Å². The number of carbonyl (C=O) groups excluding carboxylic acids is 1. The maximum Gasteiger partial charge on any atom is 0.227 e. The molecule has 0 bridgehead atoms. The summed E-state index contributed by atoms with van der Waals surface area (Å²) in [6, 6.07) is 3.93. The highest BCUT2D eigenvalue weighted by Gasteiger charge is 2.26. The van der Waals surface area contributed by atoms with E-state index < -0.39 is 11.6 Å². The monoisotopic (exact) mass is 293 g/mol. The molecule has 1 fully saturated rings. The van der Waals surface area contributed by atoms with Crippen LogP contribution < -0.4 is 5.32 Å². The van der Waals surface area contributed by atoms with Crippen LogP contribution in [0.25, 0.3) is 0 Å². The molecule has 1 amide bonds. The van der Waals surface area contributed by atoms with Gasteiger partial charge in [0, 0.05) is 17.7 Å². The van der Waals surface area contributed by atoms with Gasteiger partial charge in [0.15, 0.2) is 11.6 Å². The summed E-state index contributed by atoms with van der Waals surface area (Å²) in [7, 11) is 0. The van der Waals surface area contributed by atoms with Gasteiger partial charge in [-0.3, -0.25) is 4.79 Å². The molecule has 1 saturated carbocycles. The fourth-order valence-corrected chi connectivity index (χ4v) is 3.04. The van der Waals surface area contributed by atoms with Gasteiger partial charge < -0.3 is 10.4 Å². The fourth-order valence-electron chi connectivity index (χ4n) is 3.04. The number of nitrogens with one attached hydrogen (secondary N) is 1. The molecule has 0 aliphatic heterocycles. The molecule has 0 saturated heterocycles. The topological polar surface area (TPSA) is 49.3 Å². The van der Waals surface area contributed by atoms with Crippen molar-refractivity contribution in [1.29, 1.82) is 0 Å². The lowest BCUT2D eigenvalue weighted by molar-refractivity contribution is -0.121. The zero-order chi connectivity index (χ0) is 15.2. The van der Waals surface area contributed by atoms with Crippen molar-refractivity contribution >= 4 is 11.6 Å². The van der Waals surface area contributed by atoms with Gasteiger partial charge in [0.2, 0.25) is 5.91 Å². The average molecular weight is 293 g/mol. The second-order valence-corrected chi connectivity index (χ2v) is 6.02. The van der Waals surface area contributed by atoms with E-state index in [0.29, 0.717) is 5.69 Å². The maximum atomic E-state index is 13.2. The van der Waals surface area contributed by atoms with Crippen LogP contribution in [0.1, 0.15) is 51.9 Å². The maximum absolute atomic E-state index is 13.2. The third-order valence-electron chi connectivity index (χ3n) is 4.40. The van der Waals surface area contributed by atoms with E-state index in [-0.39, 0.29) is 11.8 Å². The SMILES string of the molecule is CCCCC1CCC(C(=O)Nc2ccc(O)c(F)c2)CC1. The standard InChI is InChI=1S/C17H24FNO2/c1-2-3-4-12-5-7-13(8-6-12)17(21)19-14-9-10-16(20)15(18)11-14/h9-13,20H,2-8H2,1H3,(H,19,21). The molecule has 116 valence electrons. The van der Waals surface area contributed by atoms with Crippen LogP contribution in [-0.2, 0) is 4.79 Å². The number of rotatable bonds is 5. The summed E-state index contributed by atoms with van der Waals surface area (Å²) in [5.41, 5.74) is 0.406. The van der Waals surface area contributed by atoms with E-state index in [4.69, 9.17) is 5.11 Å². The number of anilines is 1. The van der Waals surface area contributed by atoms with E-state index >= 15 is 0 Å². The number of halogens is 1. The lowest BCUT2D eigenvalue weighted by Gasteiger charge is -2.27. The zero-order valence-corrected chi connectivity index (χ0v) is 12.6. The third kappa shape index (κ3) is 4.45. The van der Waals surface area contributed by atoms with Crippen LogP contribution in [0.5, 0.6) is 5.75 Å². The molecular formula is C17H24FNO2. The van der Waals surface area contributed by atoms with E-state index in [9.17, 15) is 9.18 Å². The Kier molecular flexibility index (Phi) is 5.59. The minimum Gasteiger partial charge on any atom is -0.505 e. The Hall–Kier alpha value is -1.58. The Balaban J connectivity index is 1.83. The van der Waals surface area contributed by atoms with Crippen LogP contribution in [0.15, 0.2) is 18.2 Å². The predicted molar refractivity (Wildman–Crippen MR) is 81.7 cm³/mol. The Morgan fingerprint density at radius 3 is 2.67 bits per heavy atom. The number of amides is 1. The van der Waals surface area contributed by atoms with Gasteiger partial charge in [0.05, 0.1) is 0 Å². The molecule has 0 radical (unpaired) electrons. The highest BCUT2D eigenvalue weighted by Crippen LogP contribution is 2.32. The van der Waals surface area contributed by atoms with Crippen LogP contribution in [-0.4, -0.2) is 11.0 Å². The van der Waals surface area contributed by atoms with Crippen molar-refractivity contribution in [3.05, 3.63) is 24.0 Å². The fraction of sp³-hybridized carbons (Fsp3) is 0.588. The summed E-state index contributed by atoms with van der Waals surface area (Å²) < 4.78 is 13.2. The van der Waals surface area contributed by atoms with Crippen LogP contribution in [0.4, 0.5) is 10.1 Å². The number of hydrogen-bond acceptors (Lipinski definition) is 2. The van der Waals surface area contributed by atoms with Crippen LogP contribution in [0.3, 0.4) is 0 Å². The van der Waals surface area contributed by atoms with Gasteiger partial charge in [-0.05, 0) is 43.7 Å². The van der Waals surface area contributed by atoms with Crippen molar-refractivity contribution in [1.82, 2.24) is 0 Å². The summed E-state index contributed by atoms with van der Waals surface area (Å²) in [6.07, 6.45) is 7.83. The largest absolute Gasteiger partial charge is 0.505 e. The quantitative estimate of drug-likeness (QED) is 0.787. The number of phenols is 1. The van der Waals surface area contributed by atoms with Crippen molar-refractivity contribution in [3.63, 3.8) is 0 Å². The first kappa shape index (κ1) is 15.8. The molecule has 21 heavy (non-hydrogen) atoms. The van der Waals surface area contributed by atoms with Crippen molar-refractivity contribution in [2.24, 2.45) is 11.8 Å². The number of carbonyl (C=O) groups is 1. The first-order chi connectivity index (χ1) is 10.1. The highest BCUT2D eigenvalue weighted by molar-refractivity contribution is 5.92. The molecule has 1 aliphatic carbocycles. The normalized spacial score (nSPS) is 22.0. The Labute approximate surface area is 125 Å². The van der Waals surface area contributed by atoms with Crippen molar-refractivity contribution in [2.45, 2.75) is 51.9 Å². The number of unbranched alkanes of at least 4 members (excludes halogenated alkanes) is 1. The molecular weight excluding hydrogens is 269 g/mol. The van der Waals surface area contributed by atoms with Crippen LogP contribution >= 0.6 is 0 Å². The van der Waals surface area contributed by atoms with Gasteiger partial charge in [0.1, 0.15) is 0 Å². The summed E-state index contributed by atoms with van der Waals surface area (Å²) >= 11 is 0. The summed E-state index contributed by atoms with van der Waals surface area (Å²) in [5.74, 6) is -0.352. The highest BCUT2D eigenvalue weighted by atomic mass is 19.1. The molecule has 2 N–H and O–H groups in total. The molecule has 2 rings (SSSR count). The van der Waals surface area contributed by atoms with Gasteiger partial charge in [-0.15, -0.1) is 0 Å². The summed E-state index contributed by atoms with van der Waals surface area (Å²) in [4.78, 5) is 12.2. The number of aromatic hydroxyl groups is 1. The third-order valence-corrected chi connectivity index (χ3v) is 4.40. The van der Waals surface area contributed by atoms with Crippen molar-refractivity contribution < 1.29 is 14.3 Å². The molecule has 0 atom stereocenters. The lowest BCUT2D eigenvalue weighted by Crippen LogP contribution is -2.27. The molecule has 3 nitrogen and oxygen atoms in total. The molecule has 1 aromatic rings. The summed E-state index contributed by atoms with van der Waals surface area (Å²) in [5, 5.41) is 11.9. The first-order valence-electron chi connectivity index (χ1n) is 7.89. The lowest BCUT2D eigenvalue weighted by atomic mass is 9.79. The smallest absolute Gasteiger partial charge is 0.227 e.